The van der Waals surface area contributed by atoms with E-state index in [4.69, 9.17) is 4.74 Å². The van der Waals surface area contributed by atoms with E-state index in [1.54, 1.807) is 0 Å². The third-order valence-electron chi connectivity index (χ3n) is 2.92. The summed E-state index contributed by atoms with van der Waals surface area (Å²) in [5.74, 6) is -0.821. The second-order valence-corrected chi connectivity index (χ2v) is 5.85. The van der Waals surface area contributed by atoms with Crippen LogP contribution < -0.4 is 0 Å². The summed E-state index contributed by atoms with van der Waals surface area (Å²) < 4.78 is 44.8. The van der Waals surface area contributed by atoms with Crippen LogP contribution in [0.1, 0.15) is 13.3 Å². The number of ether oxygens (including phenoxy) is 1. The molecule has 0 aromatic carbocycles. The highest BCUT2D eigenvalue weighted by Crippen LogP contribution is 2.22. The van der Waals surface area contributed by atoms with Crippen molar-refractivity contribution >= 4 is 10.0 Å². The predicted octanol–water partition coefficient (Wildman–Crippen LogP) is 1.02. The van der Waals surface area contributed by atoms with Gasteiger partial charge in [0.25, 0.3) is 10.0 Å². The van der Waals surface area contributed by atoms with Gasteiger partial charge in [0.05, 0.1) is 13.2 Å². The molecule has 5 nitrogen and oxygen atoms in total. The van der Waals surface area contributed by atoms with Crippen molar-refractivity contribution in [2.24, 2.45) is 0 Å². The zero-order valence-corrected chi connectivity index (χ0v) is 10.9. The van der Waals surface area contributed by atoms with E-state index in [0.717, 1.165) is 6.07 Å². The molecule has 100 valence electrons. The summed E-state index contributed by atoms with van der Waals surface area (Å²) in [6.45, 7) is 2.77. The Morgan fingerprint density at radius 3 is 3.06 bits per heavy atom. The van der Waals surface area contributed by atoms with Crippen LogP contribution in [0.5, 0.6) is 0 Å². The minimum Gasteiger partial charge on any atom is -0.378 e. The molecule has 2 rings (SSSR count). The van der Waals surface area contributed by atoms with Gasteiger partial charge in [-0.15, -0.1) is 0 Å². The van der Waals surface area contributed by atoms with E-state index in [2.05, 4.69) is 4.98 Å². The van der Waals surface area contributed by atoms with Crippen molar-refractivity contribution < 1.29 is 17.5 Å². The van der Waals surface area contributed by atoms with Crippen LogP contribution in [0.2, 0.25) is 0 Å². The van der Waals surface area contributed by atoms with Crippen molar-refractivity contribution in [1.29, 1.82) is 0 Å². The Morgan fingerprint density at radius 1 is 1.61 bits per heavy atom. The molecule has 0 N–H and O–H groups in total. The first-order chi connectivity index (χ1) is 8.57. The molecule has 1 aliphatic rings. The smallest absolute Gasteiger partial charge is 0.263 e. The minimum atomic E-state index is -3.89. The summed E-state index contributed by atoms with van der Waals surface area (Å²) in [6, 6.07) is 2.21. The van der Waals surface area contributed by atoms with Gasteiger partial charge in [0.2, 0.25) is 5.03 Å². The lowest BCUT2D eigenvalue weighted by Gasteiger charge is -2.33. The molecule has 1 unspecified atom stereocenters. The zero-order chi connectivity index (χ0) is 13.2. The Morgan fingerprint density at radius 2 is 2.39 bits per heavy atom. The lowest BCUT2D eigenvalue weighted by molar-refractivity contribution is 0.0312. The van der Waals surface area contributed by atoms with E-state index in [0.29, 0.717) is 19.6 Å². The lowest BCUT2D eigenvalue weighted by Crippen LogP contribution is -2.48. The van der Waals surface area contributed by atoms with E-state index >= 15 is 0 Å². The van der Waals surface area contributed by atoms with Gasteiger partial charge in [0, 0.05) is 18.8 Å². The molecule has 1 fully saturated rings. The van der Waals surface area contributed by atoms with E-state index in [-0.39, 0.29) is 12.6 Å². The highest BCUT2D eigenvalue weighted by atomic mass is 32.2. The Hall–Kier alpha value is -1.05. The van der Waals surface area contributed by atoms with Gasteiger partial charge in [-0.05, 0) is 18.6 Å². The second kappa shape index (κ2) is 5.29. The van der Waals surface area contributed by atoms with Crippen LogP contribution in [0.3, 0.4) is 0 Å². The molecule has 7 heteroatoms. The monoisotopic (exact) mass is 274 g/mol. The average Bonchev–Trinajstić information content (AvgIpc) is 2.39. The first kappa shape index (κ1) is 13.4. The van der Waals surface area contributed by atoms with Gasteiger partial charge in [-0.1, -0.05) is 6.92 Å². The first-order valence-electron chi connectivity index (χ1n) is 5.77. The number of hydrogen-bond acceptors (Lipinski definition) is 4. The topological polar surface area (TPSA) is 59.5 Å². The third kappa shape index (κ3) is 2.38. The first-order valence-corrected chi connectivity index (χ1v) is 7.21. The molecule has 0 spiro atoms. The summed E-state index contributed by atoms with van der Waals surface area (Å²) in [5, 5.41) is -0.509. The van der Waals surface area contributed by atoms with Crippen LogP contribution in [-0.4, -0.2) is 43.5 Å². The summed E-state index contributed by atoms with van der Waals surface area (Å²) in [5.41, 5.74) is 0. The number of halogens is 1. The molecule has 1 aromatic rings. The van der Waals surface area contributed by atoms with Gasteiger partial charge in [0.1, 0.15) is 0 Å². The van der Waals surface area contributed by atoms with Crippen molar-refractivity contribution in [3.05, 3.63) is 24.1 Å². The van der Waals surface area contributed by atoms with Crippen LogP contribution in [0.25, 0.3) is 0 Å². The maximum absolute atomic E-state index is 13.6. The molecule has 0 bridgehead atoms. The third-order valence-corrected chi connectivity index (χ3v) is 4.81. The average molecular weight is 274 g/mol. The maximum atomic E-state index is 13.6. The fourth-order valence-electron chi connectivity index (χ4n) is 1.95. The standard InChI is InChI=1S/C11H15FN2O3S/c1-2-9-8-17-7-6-14(9)18(15,16)11-10(12)4-3-5-13-11/h3-5,9H,2,6-8H2,1H3. The number of pyridine rings is 1. The Kier molecular flexibility index (Phi) is 3.94. The molecular weight excluding hydrogens is 259 g/mol. The molecular formula is C11H15FN2O3S. The van der Waals surface area contributed by atoms with Gasteiger partial charge >= 0.3 is 0 Å². The van der Waals surface area contributed by atoms with E-state index < -0.39 is 20.9 Å². The van der Waals surface area contributed by atoms with Crippen LogP contribution in [0.15, 0.2) is 23.4 Å². The molecule has 18 heavy (non-hydrogen) atoms. The van der Waals surface area contributed by atoms with Crippen molar-refractivity contribution in [2.75, 3.05) is 19.8 Å². The number of hydrogen-bond donors (Lipinski definition) is 0. The van der Waals surface area contributed by atoms with E-state index in [9.17, 15) is 12.8 Å². The maximum Gasteiger partial charge on any atom is 0.263 e. The molecule has 1 aliphatic heterocycles. The SMILES string of the molecule is CCC1COCCN1S(=O)(=O)c1ncccc1F. The highest BCUT2D eigenvalue weighted by molar-refractivity contribution is 7.89. The number of sulfonamides is 1. The number of morpholine rings is 1. The summed E-state index contributed by atoms with van der Waals surface area (Å²) in [4.78, 5) is 3.65. The fraction of sp³-hybridized carbons (Fsp3) is 0.545. The Labute approximate surface area is 106 Å². The van der Waals surface area contributed by atoms with Crippen molar-refractivity contribution in [1.82, 2.24) is 9.29 Å². The second-order valence-electron chi connectivity index (χ2n) is 4.04. The molecule has 0 aliphatic carbocycles. The number of nitrogens with zero attached hydrogens (tertiary/aromatic N) is 2. The number of aromatic nitrogens is 1. The summed E-state index contributed by atoms with van der Waals surface area (Å²) in [6.07, 6.45) is 1.89. The van der Waals surface area contributed by atoms with Crippen LogP contribution in [-0.2, 0) is 14.8 Å². The van der Waals surface area contributed by atoms with Crippen LogP contribution in [0, 0.1) is 5.82 Å². The summed E-state index contributed by atoms with van der Waals surface area (Å²) in [7, 11) is -3.89. The van der Waals surface area contributed by atoms with Gasteiger partial charge < -0.3 is 4.74 Å². The molecule has 0 radical (unpaired) electrons. The van der Waals surface area contributed by atoms with Crippen LogP contribution in [0.4, 0.5) is 4.39 Å². The van der Waals surface area contributed by atoms with Crippen molar-refractivity contribution in [3.8, 4) is 0 Å². The number of rotatable bonds is 3. The Balaban J connectivity index is 2.39. The zero-order valence-electron chi connectivity index (χ0n) is 10.0. The molecule has 0 amide bonds. The summed E-state index contributed by atoms with van der Waals surface area (Å²) >= 11 is 0. The van der Waals surface area contributed by atoms with Gasteiger partial charge in [0.15, 0.2) is 5.82 Å². The van der Waals surface area contributed by atoms with Crippen molar-refractivity contribution in [3.63, 3.8) is 0 Å². The molecule has 1 saturated heterocycles. The quantitative estimate of drug-likeness (QED) is 0.825. The largest absolute Gasteiger partial charge is 0.378 e. The fourth-order valence-corrected chi connectivity index (χ4v) is 3.60. The molecule has 1 aromatic heterocycles. The van der Waals surface area contributed by atoms with Crippen LogP contribution >= 0.6 is 0 Å². The molecule has 1 atom stereocenters. The van der Waals surface area contributed by atoms with Gasteiger partial charge in [-0.25, -0.2) is 17.8 Å². The van der Waals surface area contributed by atoms with Gasteiger partial charge in [-0.3, -0.25) is 0 Å². The molecule has 2 heterocycles. The van der Waals surface area contributed by atoms with E-state index in [1.807, 2.05) is 6.92 Å². The van der Waals surface area contributed by atoms with Gasteiger partial charge in [-0.2, -0.15) is 4.31 Å². The Bertz CT molecular complexity index is 521. The van der Waals surface area contributed by atoms with E-state index in [1.165, 1.54) is 16.6 Å². The lowest BCUT2D eigenvalue weighted by atomic mass is 10.2. The normalized spacial score (nSPS) is 22.0. The minimum absolute atomic E-state index is 0.233. The van der Waals surface area contributed by atoms with Crippen molar-refractivity contribution in [2.45, 2.75) is 24.4 Å². The predicted molar refractivity (Wildman–Crippen MR) is 63.0 cm³/mol. The molecule has 0 saturated carbocycles. The highest BCUT2D eigenvalue weighted by Gasteiger charge is 2.35.